The number of nitrogens with zero attached hydrogens (tertiary/aromatic N) is 2. The van der Waals surface area contributed by atoms with Gasteiger partial charge in [0, 0.05) is 39.7 Å². The third kappa shape index (κ3) is 7.66. The van der Waals surface area contributed by atoms with Gasteiger partial charge in [-0.05, 0) is 31.0 Å². The number of aliphatic imine (C=N–C) groups is 1. The second-order valence-electron chi connectivity index (χ2n) is 6.66. The first-order valence-corrected chi connectivity index (χ1v) is 9.80. The summed E-state index contributed by atoms with van der Waals surface area (Å²) in [5.74, 6) is 1.60. The molecule has 1 aliphatic rings. The summed E-state index contributed by atoms with van der Waals surface area (Å²) in [5, 5.41) is 3.32. The summed E-state index contributed by atoms with van der Waals surface area (Å²) in [6, 6.07) is 4.94. The minimum atomic E-state index is -2.89. The molecule has 1 aliphatic heterocycles. The third-order valence-electron chi connectivity index (χ3n) is 4.56. The van der Waals surface area contributed by atoms with Crippen LogP contribution in [0.25, 0.3) is 0 Å². The van der Waals surface area contributed by atoms with Crippen LogP contribution in [0.5, 0.6) is 11.5 Å². The Morgan fingerprint density at radius 3 is 2.83 bits per heavy atom. The summed E-state index contributed by atoms with van der Waals surface area (Å²) in [7, 11) is 3.41. The van der Waals surface area contributed by atoms with Crippen molar-refractivity contribution in [1.29, 1.82) is 0 Å². The lowest BCUT2D eigenvalue weighted by Crippen LogP contribution is -2.39. The predicted octanol–water partition coefficient (Wildman–Crippen LogP) is 2.75. The van der Waals surface area contributed by atoms with Crippen molar-refractivity contribution in [2.75, 3.05) is 53.7 Å². The lowest BCUT2D eigenvalue weighted by atomic mass is 10.1. The number of benzene rings is 1. The number of halogens is 2. The van der Waals surface area contributed by atoms with Crippen LogP contribution in [0.1, 0.15) is 18.9 Å². The van der Waals surface area contributed by atoms with E-state index in [9.17, 15) is 8.78 Å². The molecule has 1 unspecified atom stereocenters. The average Bonchev–Trinajstić information content (AvgIpc) is 3.16. The summed E-state index contributed by atoms with van der Waals surface area (Å²) in [6.07, 6.45) is 1.04. The number of methoxy groups -OCH3 is 1. The lowest BCUT2D eigenvalue weighted by Gasteiger charge is -2.22. The van der Waals surface area contributed by atoms with Crippen LogP contribution in [-0.4, -0.2) is 71.1 Å². The number of nitrogens with one attached hydrogen (secondary N) is 1. The van der Waals surface area contributed by atoms with Gasteiger partial charge < -0.3 is 29.2 Å². The van der Waals surface area contributed by atoms with Crippen LogP contribution in [0.2, 0.25) is 0 Å². The normalized spacial score (nSPS) is 17.1. The van der Waals surface area contributed by atoms with Gasteiger partial charge in [0.2, 0.25) is 0 Å². The standard InChI is InChI=1S/C20H31F2N3O4/c1-4-28-18-11-15(5-6-17(18)29-19(21)22)12-24-20(23-2)25-8-7-16(13-25)14-27-10-9-26-3/h5-6,11,16,19H,4,7-10,12-14H2,1-3H3,(H,23,24). The fourth-order valence-corrected chi connectivity index (χ4v) is 3.19. The highest BCUT2D eigenvalue weighted by Gasteiger charge is 2.25. The molecule has 0 spiro atoms. The van der Waals surface area contributed by atoms with Gasteiger partial charge in [0.1, 0.15) is 0 Å². The molecule has 0 saturated carbocycles. The molecular formula is C20H31F2N3O4. The van der Waals surface area contributed by atoms with E-state index in [-0.39, 0.29) is 5.75 Å². The first-order chi connectivity index (χ1) is 14.1. The van der Waals surface area contributed by atoms with Crippen molar-refractivity contribution in [2.24, 2.45) is 10.9 Å². The van der Waals surface area contributed by atoms with Crippen LogP contribution in [-0.2, 0) is 16.0 Å². The molecule has 1 aromatic rings. The number of hydrogen-bond donors (Lipinski definition) is 1. The Labute approximate surface area is 171 Å². The van der Waals surface area contributed by atoms with Crippen molar-refractivity contribution in [3.05, 3.63) is 23.8 Å². The Morgan fingerprint density at radius 1 is 1.31 bits per heavy atom. The van der Waals surface area contributed by atoms with Crippen molar-refractivity contribution < 1.29 is 27.7 Å². The van der Waals surface area contributed by atoms with Crippen molar-refractivity contribution in [1.82, 2.24) is 10.2 Å². The zero-order valence-electron chi connectivity index (χ0n) is 17.3. The molecule has 2 rings (SSSR count). The Hall–Kier alpha value is -2.13. The highest BCUT2D eigenvalue weighted by Crippen LogP contribution is 2.30. The summed E-state index contributed by atoms with van der Waals surface area (Å²) >= 11 is 0. The quantitative estimate of drug-likeness (QED) is 0.341. The summed E-state index contributed by atoms with van der Waals surface area (Å²) in [5.41, 5.74) is 0.884. The van der Waals surface area contributed by atoms with E-state index < -0.39 is 6.61 Å². The largest absolute Gasteiger partial charge is 0.490 e. The Kier molecular flexibility index (Phi) is 9.93. The Morgan fingerprint density at radius 2 is 2.14 bits per heavy atom. The maximum atomic E-state index is 12.5. The van der Waals surface area contributed by atoms with Crippen molar-refractivity contribution >= 4 is 5.96 Å². The molecular weight excluding hydrogens is 384 g/mol. The van der Waals surface area contributed by atoms with E-state index in [0.717, 1.165) is 31.0 Å². The van der Waals surface area contributed by atoms with Crippen molar-refractivity contribution in [3.8, 4) is 11.5 Å². The summed E-state index contributed by atoms with van der Waals surface area (Å²) in [4.78, 5) is 6.56. The lowest BCUT2D eigenvalue weighted by molar-refractivity contribution is -0.0514. The summed E-state index contributed by atoms with van der Waals surface area (Å²) in [6.45, 7) is 3.45. The van der Waals surface area contributed by atoms with E-state index in [1.165, 1.54) is 6.07 Å². The van der Waals surface area contributed by atoms with Gasteiger partial charge in [0.15, 0.2) is 17.5 Å². The maximum Gasteiger partial charge on any atom is 0.387 e. The molecule has 29 heavy (non-hydrogen) atoms. The molecule has 1 heterocycles. The molecule has 1 N–H and O–H groups in total. The van der Waals surface area contributed by atoms with Crippen LogP contribution >= 0.6 is 0 Å². The van der Waals surface area contributed by atoms with E-state index in [2.05, 4.69) is 19.9 Å². The minimum Gasteiger partial charge on any atom is -0.490 e. The number of guanidine groups is 1. The van der Waals surface area contributed by atoms with E-state index in [4.69, 9.17) is 14.2 Å². The fourth-order valence-electron chi connectivity index (χ4n) is 3.19. The number of rotatable bonds is 11. The minimum absolute atomic E-state index is 0.0332. The number of likely N-dealkylation sites (tertiary alicyclic amines) is 1. The maximum absolute atomic E-state index is 12.5. The zero-order valence-corrected chi connectivity index (χ0v) is 17.3. The van der Waals surface area contributed by atoms with Gasteiger partial charge in [-0.2, -0.15) is 8.78 Å². The van der Waals surface area contributed by atoms with E-state index >= 15 is 0 Å². The molecule has 0 aromatic heterocycles. The predicted molar refractivity (Wildman–Crippen MR) is 107 cm³/mol. The van der Waals surface area contributed by atoms with E-state index in [1.54, 1.807) is 33.2 Å². The third-order valence-corrected chi connectivity index (χ3v) is 4.56. The smallest absolute Gasteiger partial charge is 0.387 e. The molecule has 1 atom stereocenters. The molecule has 1 fully saturated rings. The van der Waals surface area contributed by atoms with Gasteiger partial charge in [-0.1, -0.05) is 6.07 Å². The number of ether oxygens (including phenoxy) is 4. The van der Waals surface area contributed by atoms with Crippen LogP contribution < -0.4 is 14.8 Å². The highest BCUT2D eigenvalue weighted by molar-refractivity contribution is 5.80. The molecule has 1 aromatic carbocycles. The van der Waals surface area contributed by atoms with Gasteiger partial charge in [-0.25, -0.2) is 0 Å². The van der Waals surface area contributed by atoms with Crippen LogP contribution in [0.15, 0.2) is 23.2 Å². The first-order valence-electron chi connectivity index (χ1n) is 9.80. The summed E-state index contributed by atoms with van der Waals surface area (Å²) < 4.78 is 45.6. The molecule has 0 bridgehead atoms. The van der Waals surface area contributed by atoms with Gasteiger partial charge >= 0.3 is 6.61 Å². The van der Waals surface area contributed by atoms with Crippen molar-refractivity contribution in [3.63, 3.8) is 0 Å². The molecule has 9 heteroatoms. The van der Waals surface area contributed by atoms with Crippen LogP contribution in [0.3, 0.4) is 0 Å². The zero-order chi connectivity index (χ0) is 21.1. The Balaban J connectivity index is 1.88. The topological polar surface area (TPSA) is 64.6 Å². The first kappa shape index (κ1) is 23.2. The fraction of sp³-hybridized carbons (Fsp3) is 0.650. The van der Waals surface area contributed by atoms with Crippen LogP contribution in [0.4, 0.5) is 8.78 Å². The van der Waals surface area contributed by atoms with Crippen LogP contribution in [0, 0.1) is 5.92 Å². The molecule has 7 nitrogen and oxygen atoms in total. The highest BCUT2D eigenvalue weighted by atomic mass is 19.3. The van der Waals surface area contributed by atoms with Gasteiger partial charge in [0.05, 0.1) is 26.4 Å². The van der Waals surface area contributed by atoms with Gasteiger partial charge in [-0.15, -0.1) is 0 Å². The second-order valence-corrected chi connectivity index (χ2v) is 6.66. The van der Waals surface area contributed by atoms with E-state index in [0.29, 0.717) is 44.6 Å². The van der Waals surface area contributed by atoms with Gasteiger partial charge in [0.25, 0.3) is 0 Å². The number of hydrogen-bond acceptors (Lipinski definition) is 5. The SMILES string of the molecule is CCOc1cc(CNC(=NC)N2CCC(COCCOC)C2)ccc1OC(F)F. The Bertz CT molecular complexity index is 646. The molecule has 164 valence electrons. The number of alkyl halides is 2. The molecule has 0 amide bonds. The second kappa shape index (κ2) is 12.4. The van der Waals surface area contributed by atoms with Gasteiger partial charge in [-0.3, -0.25) is 4.99 Å². The molecule has 0 radical (unpaired) electrons. The molecule has 0 aliphatic carbocycles. The van der Waals surface area contributed by atoms with E-state index in [1.807, 2.05) is 0 Å². The average molecular weight is 415 g/mol. The monoisotopic (exact) mass is 415 g/mol. The van der Waals surface area contributed by atoms with Crippen molar-refractivity contribution in [2.45, 2.75) is 26.5 Å². The molecule has 1 saturated heterocycles.